The van der Waals surface area contributed by atoms with E-state index < -0.39 is 0 Å². The highest BCUT2D eigenvalue weighted by molar-refractivity contribution is 5.49. The first-order chi connectivity index (χ1) is 9.18. The van der Waals surface area contributed by atoms with Crippen LogP contribution in [0.2, 0.25) is 0 Å². The van der Waals surface area contributed by atoms with Gasteiger partial charge in [0.25, 0.3) is 0 Å². The van der Waals surface area contributed by atoms with E-state index in [-0.39, 0.29) is 11.4 Å². The summed E-state index contributed by atoms with van der Waals surface area (Å²) in [4.78, 5) is 24.8. The van der Waals surface area contributed by atoms with E-state index in [1.165, 1.54) is 23.8 Å². The van der Waals surface area contributed by atoms with Crippen molar-refractivity contribution < 1.29 is 0 Å². The number of nitrogens with zero attached hydrogens (tertiary/aromatic N) is 3. The lowest BCUT2D eigenvalue weighted by Crippen LogP contribution is -2.99. The largest absolute Gasteiger partial charge is 0.347 e. The van der Waals surface area contributed by atoms with Crippen LogP contribution in [0.4, 0.5) is 0 Å². The Kier molecular flexibility index (Phi) is 0.881. The van der Waals surface area contributed by atoms with Gasteiger partial charge in [0, 0.05) is 17.9 Å². The second-order valence-corrected chi connectivity index (χ2v) is 7.84. The second-order valence-electron chi connectivity index (χ2n) is 7.84. The Morgan fingerprint density at radius 1 is 0.947 bits per heavy atom. The zero-order valence-electron chi connectivity index (χ0n) is 10.7. The minimum Gasteiger partial charge on any atom is -0.246 e. The molecule has 0 N–H and O–H groups in total. The molecule has 7 aliphatic rings. The second kappa shape index (κ2) is 1.90. The van der Waals surface area contributed by atoms with E-state index in [9.17, 15) is 9.59 Å². The summed E-state index contributed by atoms with van der Waals surface area (Å²) < 4.78 is 5.08. The third-order valence-electron chi connectivity index (χ3n) is 8.41. The molecular weight excluding hydrogens is 242 g/mol. The number of hydrogen-bond donors (Lipinski definition) is 0. The molecule has 8 rings (SSSR count). The molecule has 0 radical (unpaired) electrons. The lowest BCUT2D eigenvalue weighted by atomic mass is 9.06. The van der Waals surface area contributed by atoms with Crippen molar-refractivity contribution in [2.24, 2.45) is 41.5 Å². The fourth-order valence-corrected chi connectivity index (χ4v) is 8.48. The summed E-state index contributed by atoms with van der Waals surface area (Å²) in [7, 11) is 1.64. The average molecular weight is 257 g/mol. The van der Waals surface area contributed by atoms with Gasteiger partial charge < -0.3 is 0 Å². The topological polar surface area (TPSA) is 48.9 Å². The number of aromatic nitrogens is 3. The van der Waals surface area contributed by atoms with Gasteiger partial charge in [-0.3, -0.25) is 0 Å². The summed E-state index contributed by atoms with van der Waals surface area (Å²) in [5.41, 5.74) is 0.753. The fourth-order valence-electron chi connectivity index (χ4n) is 8.48. The highest BCUT2D eigenvalue weighted by atomic mass is 16.2. The van der Waals surface area contributed by atoms with Gasteiger partial charge in [-0.05, 0) is 36.5 Å². The summed E-state index contributed by atoms with van der Waals surface area (Å²) in [6.07, 6.45) is 3.95. The maximum absolute atomic E-state index is 12.4. The minimum absolute atomic E-state index is 0.0675. The van der Waals surface area contributed by atoms with Gasteiger partial charge in [-0.1, -0.05) is 6.42 Å². The van der Waals surface area contributed by atoms with Crippen LogP contribution in [0.3, 0.4) is 0 Å². The van der Waals surface area contributed by atoms with E-state index in [1.807, 2.05) is 9.36 Å². The standard InChI is InChI=1S/C14H15N3O2/c1-15-11(18)16-9-5-6-8-7(5)13(9)3-2-4-14(8,13)10(6)17(16)12(15)19/h5-10H,2-4H2,1H3/t5-,6-,7-,8+,9+,10-,13+,14-/m0/s1. The predicted molar refractivity (Wildman–Crippen MR) is 64.7 cm³/mol. The zero-order valence-corrected chi connectivity index (χ0v) is 10.7. The van der Waals surface area contributed by atoms with Gasteiger partial charge in [-0.25, -0.2) is 23.5 Å². The molecule has 98 valence electrons. The van der Waals surface area contributed by atoms with Crippen molar-refractivity contribution in [3.05, 3.63) is 21.0 Å². The van der Waals surface area contributed by atoms with Gasteiger partial charge >= 0.3 is 11.4 Å². The maximum Gasteiger partial charge on any atom is 0.347 e. The lowest BCUT2D eigenvalue weighted by Gasteiger charge is -3.00. The monoisotopic (exact) mass is 257 g/mol. The van der Waals surface area contributed by atoms with Crippen molar-refractivity contribution in [2.75, 3.05) is 0 Å². The van der Waals surface area contributed by atoms with Crippen LogP contribution in [0, 0.1) is 34.5 Å². The first-order valence-electron chi connectivity index (χ1n) is 7.58. The third-order valence-corrected chi connectivity index (χ3v) is 8.41. The van der Waals surface area contributed by atoms with Gasteiger partial charge in [0.15, 0.2) is 0 Å². The molecule has 1 aromatic heterocycles. The van der Waals surface area contributed by atoms with E-state index in [2.05, 4.69) is 0 Å². The highest BCUT2D eigenvalue weighted by Gasteiger charge is 3.03. The molecule has 5 aliphatic carbocycles. The van der Waals surface area contributed by atoms with Crippen LogP contribution >= 0.6 is 0 Å². The Morgan fingerprint density at radius 3 is 1.89 bits per heavy atom. The molecule has 5 nitrogen and oxygen atoms in total. The molecule has 2 aliphatic heterocycles. The molecular formula is C14H15N3O2. The van der Waals surface area contributed by atoms with Gasteiger partial charge in [-0.2, -0.15) is 0 Å². The summed E-state index contributed by atoms with van der Waals surface area (Å²) in [6.45, 7) is 0. The fraction of sp³-hybridized carbons (Fsp3) is 0.857. The van der Waals surface area contributed by atoms with Crippen molar-refractivity contribution >= 4 is 0 Å². The first kappa shape index (κ1) is 8.82. The predicted octanol–water partition coefficient (Wildman–Crippen LogP) is 0.120. The molecule has 2 spiro atoms. The molecule has 3 heterocycles. The molecule has 1 aromatic rings. The Morgan fingerprint density at radius 2 is 1.42 bits per heavy atom. The van der Waals surface area contributed by atoms with Crippen LogP contribution in [0.5, 0.6) is 0 Å². The Balaban J connectivity index is 1.69. The SMILES string of the molecule is Cn1c(=O)n2n(c1=O)[C@@H]1[C@H]3[C@H]4[C@@H]5[C@H]3[C@]13CCC[C@@]53[C@H]42. The zero-order chi connectivity index (χ0) is 12.5. The number of hydrogen-bond acceptors (Lipinski definition) is 2. The number of rotatable bonds is 0. The van der Waals surface area contributed by atoms with Crippen molar-refractivity contribution in [3.63, 3.8) is 0 Å². The molecule has 5 saturated carbocycles. The molecule has 0 amide bonds. The van der Waals surface area contributed by atoms with E-state index in [4.69, 9.17) is 0 Å². The Labute approximate surface area is 108 Å². The third kappa shape index (κ3) is 0.432. The van der Waals surface area contributed by atoms with E-state index in [1.54, 1.807) is 7.05 Å². The summed E-state index contributed by atoms with van der Waals surface area (Å²) in [5.74, 6) is 3.35. The van der Waals surface area contributed by atoms with Crippen LogP contribution < -0.4 is 11.4 Å². The first-order valence-corrected chi connectivity index (χ1v) is 7.58. The molecule has 0 aromatic carbocycles. The summed E-state index contributed by atoms with van der Waals surface area (Å²) in [6, 6.07) is 0.753. The summed E-state index contributed by atoms with van der Waals surface area (Å²) >= 11 is 0. The van der Waals surface area contributed by atoms with E-state index in [0.29, 0.717) is 22.9 Å². The van der Waals surface area contributed by atoms with Crippen molar-refractivity contribution in [2.45, 2.75) is 31.3 Å². The van der Waals surface area contributed by atoms with Gasteiger partial charge in [0.05, 0.1) is 12.1 Å². The van der Waals surface area contributed by atoms with E-state index in [0.717, 1.165) is 23.7 Å². The molecule has 0 saturated heterocycles. The van der Waals surface area contributed by atoms with Gasteiger partial charge in [-0.15, -0.1) is 0 Å². The van der Waals surface area contributed by atoms with E-state index >= 15 is 0 Å². The quantitative estimate of drug-likeness (QED) is 0.663. The highest BCUT2D eigenvalue weighted by Crippen LogP contribution is 3.05. The van der Waals surface area contributed by atoms with Crippen LogP contribution in [0.15, 0.2) is 9.59 Å². The van der Waals surface area contributed by atoms with Gasteiger partial charge in [0.2, 0.25) is 0 Å². The van der Waals surface area contributed by atoms with Crippen molar-refractivity contribution in [1.82, 2.24) is 13.9 Å². The van der Waals surface area contributed by atoms with Gasteiger partial charge in [0.1, 0.15) is 0 Å². The molecule has 5 heteroatoms. The average Bonchev–Trinajstić information content (AvgIpc) is 2.87. The Hall–Kier alpha value is -1.26. The maximum atomic E-state index is 12.4. The smallest absolute Gasteiger partial charge is 0.246 e. The van der Waals surface area contributed by atoms with Crippen LogP contribution in [0.1, 0.15) is 31.3 Å². The van der Waals surface area contributed by atoms with Crippen LogP contribution in [0.25, 0.3) is 0 Å². The normalized spacial score (nSPS) is 63.2. The minimum atomic E-state index is -0.0675. The van der Waals surface area contributed by atoms with Crippen molar-refractivity contribution in [3.8, 4) is 0 Å². The summed E-state index contributed by atoms with van der Waals surface area (Å²) in [5, 5.41) is 0. The molecule has 8 atom stereocenters. The molecule has 2 bridgehead atoms. The molecule has 5 fully saturated rings. The van der Waals surface area contributed by atoms with Crippen LogP contribution in [-0.2, 0) is 7.05 Å². The molecule has 19 heavy (non-hydrogen) atoms. The Bertz CT molecular complexity index is 765. The molecule has 0 unspecified atom stereocenters. The van der Waals surface area contributed by atoms with Crippen molar-refractivity contribution in [1.29, 1.82) is 0 Å². The van der Waals surface area contributed by atoms with Crippen LogP contribution in [-0.4, -0.2) is 13.9 Å². The lowest BCUT2D eigenvalue weighted by molar-refractivity contribution is -0.541.